The summed E-state index contributed by atoms with van der Waals surface area (Å²) >= 11 is 0. The summed E-state index contributed by atoms with van der Waals surface area (Å²) in [6.45, 7) is 9.38. The number of benzene rings is 2. The molecule has 0 aliphatic rings. The van der Waals surface area contributed by atoms with Crippen LogP contribution in [0, 0.1) is 41.5 Å². The zero-order valence-corrected chi connectivity index (χ0v) is 19.2. The van der Waals surface area contributed by atoms with Gasteiger partial charge in [-0.2, -0.15) is 0 Å². The Balaban J connectivity index is 2.66. The highest BCUT2D eigenvalue weighted by atomic mass is 31.2. The van der Waals surface area contributed by atoms with Gasteiger partial charge in [0.15, 0.2) is 0 Å². The number of hydrogen-bond donors (Lipinski definition) is 2. The van der Waals surface area contributed by atoms with Crippen molar-refractivity contribution in [3.8, 4) is 0 Å². The molecule has 162 valence electrons. The lowest BCUT2D eigenvalue weighted by Crippen LogP contribution is -2.23. The van der Waals surface area contributed by atoms with Crippen LogP contribution in [-0.2, 0) is 9.09 Å². The van der Waals surface area contributed by atoms with Crippen LogP contribution in [0.25, 0.3) is 0 Å². The zero-order valence-electron chi connectivity index (χ0n) is 18.3. The third-order valence-corrected chi connectivity index (χ3v) is 7.01. The average Bonchev–Trinajstić information content (AvgIpc) is 2.63. The first-order valence-corrected chi connectivity index (χ1v) is 11.3. The summed E-state index contributed by atoms with van der Waals surface area (Å²) in [4.78, 5) is 26.9. The SMILES string of the molecule is Cc1cc(C)c(C(=O)P(=O)(OCC(O)CO)C(=O)c2c(C)cc(C)cc2C)c(C)c1. The Morgan fingerprint density at radius 3 is 1.47 bits per heavy atom. The minimum atomic E-state index is -4.60. The molecular formula is C23H29O6P. The molecule has 0 fully saturated rings. The van der Waals surface area contributed by atoms with E-state index in [0.29, 0.717) is 22.3 Å². The molecule has 2 rings (SSSR count). The van der Waals surface area contributed by atoms with E-state index in [1.165, 1.54) is 0 Å². The third kappa shape index (κ3) is 4.79. The van der Waals surface area contributed by atoms with E-state index < -0.39 is 37.7 Å². The fourth-order valence-electron chi connectivity index (χ4n) is 3.78. The molecule has 7 heteroatoms. The summed E-state index contributed by atoms with van der Waals surface area (Å²) in [5.74, 6) is 0. The van der Waals surface area contributed by atoms with Gasteiger partial charge in [-0.1, -0.05) is 35.4 Å². The third-order valence-electron chi connectivity index (χ3n) is 4.98. The Morgan fingerprint density at radius 1 is 0.833 bits per heavy atom. The Kier molecular flexibility index (Phi) is 7.54. The Hall–Kier alpha value is -2.11. The van der Waals surface area contributed by atoms with Crippen LogP contribution >= 0.6 is 7.37 Å². The largest absolute Gasteiger partial charge is 0.394 e. The van der Waals surface area contributed by atoms with E-state index in [1.807, 2.05) is 13.8 Å². The van der Waals surface area contributed by atoms with Crippen molar-refractivity contribution in [1.82, 2.24) is 0 Å². The monoisotopic (exact) mass is 432 g/mol. The molecule has 0 saturated carbocycles. The van der Waals surface area contributed by atoms with E-state index in [-0.39, 0.29) is 11.1 Å². The van der Waals surface area contributed by atoms with Gasteiger partial charge in [-0.25, -0.2) is 0 Å². The molecule has 2 N–H and O–H groups in total. The summed E-state index contributed by atoms with van der Waals surface area (Å²) in [6.07, 6.45) is -1.36. The highest BCUT2D eigenvalue weighted by Crippen LogP contribution is 2.54. The average molecular weight is 432 g/mol. The molecule has 0 aliphatic carbocycles. The van der Waals surface area contributed by atoms with E-state index in [2.05, 4.69) is 0 Å². The van der Waals surface area contributed by atoms with Crippen molar-refractivity contribution >= 4 is 18.4 Å². The summed E-state index contributed by atoms with van der Waals surface area (Å²) in [7, 11) is -4.60. The number of carbonyl (C=O) groups is 2. The van der Waals surface area contributed by atoms with E-state index in [9.17, 15) is 19.3 Å². The molecule has 6 nitrogen and oxygen atoms in total. The van der Waals surface area contributed by atoms with E-state index in [4.69, 9.17) is 9.63 Å². The van der Waals surface area contributed by atoms with Gasteiger partial charge in [0.1, 0.15) is 6.10 Å². The van der Waals surface area contributed by atoms with Crippen LogP contribution in [0.15, 0.2) is 24.3 Å². The van der Waals surface area contributed by atoms with Crippen LogP contribution in [0.3, 0.4) is 0 Å². The lowest BCUT2D eigenvalue weighted by atomic mass is 10.0. The number of aryl methyl sites for hydroxylation is 6. The number of aliphatic hydroxyl groups excluding tert-OH is 2. The van der Waals surface area contributed by atoms with Gasteiger partial charge in [-0.3, -0.25) is 14.2 Å². The van der Waals surface area contributed by atoms with Crippen molar-refractivity contribution in [3.63, 3.8) is 0 Å². The molecule has 2 aromatic rings. The maximum Gasteiger partial charge on any atom is 0.340 e. The molecule has 0 radical (unpaired) electrons. The van der Waals surface area contributed by atoms with Crippen LogP contribution in [0.2, 0.25) is 0 Å². The van der Waals surface area contributed by atoms with Gasteiger partial charge >= 0.3 is 7.37 Å². The molecule has 0 aliphatic heterocycles. The number of aliphatic hydroxyl groups is 2. The van der Waals surface area contributed by atoms with Crippen molar-refractivity contribution in [2.24, 2.45) is 0 Å². The summed E-state index contributed by atoms with van der Waals surface area (Å²) in [5.41, 5.74) is 2.80. The smallest absolute Gasteiger partial charge is 0.340 e. The second kappa shape index (κ2) is 9.36. The van der Waals surface area contributed by atoms with Crippen LogP contribution in [0.5, 0.6) is 0 Å². The maximum absolute atomic E-state index is 13.9. The Labute approximate surface area is 177 Å². The number of rotatable bonds is 8. The van der Waals surface area contributed by atoms with Crippen molar-refractivity contribution in [2.75, 3.05) is 13.2 Å². The number of carbonyl (C=O) groups excluding carboxylic acids is 2. The van der Waals surface area contributed by atoms with Crippen LogP contribution in [0.1, 0.15) is 54.1 Å². The molecule has 0 spiro atoms. The van der Waals surface area contributed by atoms with Crippen molar-refractivity contribution in [1.29, 1.82) is 0 Å². The van der Waals surface area contributed by atoms with Crippen molar-refractivity contribution < 1.29 is 28.9 Å². The normalized spacial score (nSPS) is 12.7. The first-order valence-electron chi connectivity index (χ1n) is 9.71. The fraction of sp³-hybridized carbons (Fsp3) is 0.391. The lowest BCUT2D eigenvalue weighted by Gasteiger charge is -2.21. The molecule has 0 bridgehead atoms. The van der Waals surface area contributed by atoms with Crippen molar-refractivity contribution in [3.05, 3.63) is 68.8 Å². The molecule has 0 aromatic heterocycles. The molecular weight excluding hydrogens is 403 g/mol. The van der Waals surface area contributed by atoms with Crippen LogP contribution in [0.4, 0.5) is 0 Å². The minimum Gasteiger partial charge on any atom is -0.394 e. The molecule has 0 saturated heterocycles. The Bertz CT molecular complexity index is 920. The summed E-state index contributed by atoms with van der Waals surface area (Å²) < 4.78 is 19.2. The van der Waals surface area contributed by atoms with E-state index in [0.717, 1.165) is 11.1 Å². The van der Waals surface area contributed by atoms with Gasteiger partial charge in [0, 0.05) is 11.1 Å². The van der Waals surface area contributed by atoms with Gasteiger partial charge in [0.25, 0.3) is 11.0 Å². The van der Waals surface area contributed by atoms with Gasteiger partial charge in [-0.15, -0.1) is 0 Å². The fourth-order valence-corrected chi connectivity index (χ4v) is 5.88. The molecule has 1 unspecified atom stereocenters. The standard InChI is InChI=1S/C23H29O6P/c1-13-7-15(3)20(16(4)8-13)22(26)30(28,29-12-19(25)11-24)23(27)21-17(5)9-14(2)10-18(21)6/h7-10,19,24-25H,11-12H2,1-6H3. The highest BCUT2D eigenvalue weighted by molar-refractivity contribution is 7.91. The molecule has 1 atom stereocenters. The second-order valence-corrected chi connectivity index (χ2v) is 10.0. The lowest BCUT2D eigenvalue weighted by molar-refractivity contribution is 0.0530. The first kappa shape index (κ1) is 24.2. The van der Waals surface area contributed by atoms with Crippen molar-refractivity contribution in [2.45, 2.75) is 47.6 Å². The molecule has 0 amide bonds. The van der Waals surface area contributed by atoms with Crippen LogP contribution in [-0.4, -0.2) is 40.6 Å². The predicted molar refractivity (Wildman–Crippen MR) is 117 cm³/mol. The molecule has 30 heavy (non-hydrogen) atoms. The Morgan fingerprint density at radius 2 is 1.17 bits per heavy atom. The maximum atomic E-state index is 13.9. The second-order valence-electron chi connectivity index (χ2n) is 7.84. The van der Waals surface area contributed by atoms with Gasteiger partial charge < -0.3 is 14.7 Å². The van der Waals surface area contributed by atoms with Gasteiger partial charge in [-0.05, 0) is 63.8 Å². The van der Waals surface area contributed by atoms with Crippen LogP contribution < -0.4 is 0 Å². The topological polar surface area (TPSA) is 101 Å². The highest BCUT2D eigenvalue weighted by Gasteiger charge is 2.45. The zero-order chi connectivity index (χ0) is 22.8. The van der Waals surface area contributed by atoms with E-state index >= 15 is 0 Å². The number of hydrogen-bond acceptors (Lipinski definition) is 6. The van der Waals surface area contributed by atoms with Gasteiger partial charge in [0.05, 0.1) is 13.2 Å². The molecule has 2 aromatic carbocycles. The summed E-state index contributed by atoms with van der Waals surface area (Å²) in [5, 5.41) is 18.8. The predicted octanol–water partition coefficient (Wildman–Crippen LogP) is 4.17. The molecule has 0 heterocycles. The quantitative estimate of drug-likeness (QED) is 0.608. The first-order chi connectivity index (χ1) is 13.9. The van der Waals surface area contributed by atoms with E-state index in [1.54, 1.807) is 52.0 Å². The minimum absolute atomic E-state index is 0.179. The van der Waals surface area contributed by atoms with Gasteiger partial charge in [0.2, 0.25) is 0 Å². The summed E-state index contributed by atoms with van der Waals surface area (Å²) in [6, 6.07) is 7.11.